The monoisotopic (exact) mass is 305 g/mol. The number of urea groups is 1. The van der Waals surface area contributed by atoms with Gasteiger partial charge < -0.3 is 20.7 Å². The molecular weight excluding hydrogens is 282 g/mol. The Morgan fingerprint density at radius 3 is 2.77 bits per heavy atom. The molecule has 1 aromatic rings. The zero-order valence-corrected chi connectivity index (χ0v) is 13.3. The number of hydrogen-bond acceptors (Lipinski definition) is 3. The van der Waals surface area contributed by atoms with Gasteiger partial charge in [0.2, 0.25) is 5.91 Å². The van der Waals surface area contributed by atoms with Crippen LogP contribution in [0.1, 0.15) is 30.5 Å². The number of nitrogens with one attached hydrogen (secondary N) is 1. The van der Waals surface area contributed by atoms with E-state index in [2.05, 4.69) is 5.32 Å². The summed E-state index contributed by atoms with van der Waals surface area (Å²) in [6.07, 6.45) is 0.630. The third-order valence-corrected chi connectivity index (χ3v) is 4.07. The van der Waals surface area contributed by atoms with Gasteiger partial charge in [-0.1, -0.05) is 17.7 Å². The lowest BCUT2D eigenvalue weighted by molar-refractivity contribution is -0.121. The molecule has 0 aliphatic carbocycles. The van der Waals surface area contributed by atoms with Gasteiger partial charge in [0, 0.05) is 18.7 Å². The number of nitrogens with zero attached hydrogens (tertiary/aromatic N) is 1. The Kier molecular flexibility index (Phi) is 4.90. The van der Waals surface area contributed by atoms with E-state index in [1.807, 2.05) is 32.0 Å². The molecule has 6 nitrogen and oxygen atoms in total. The van der Waals surface area contributed by atoms with Gasteiger partial charge in [0.15, 0.2) is 0 Å². The Morgan fingerprint density at radius 2 is 2.18 bits per heavy atom. The lowest BCUT2D eigenvalue weighted by Gasteiger charge is -2.22. The summed E-state index contributed by atoms with van der Waals surface area (Å²) in [5.74, 6) is 0.160. The first kappa shape index (κ1) is 16.1. The highest BCUT2D eigenvalue weighted by molar-refractivity contribution is 5.80. The van der Waals surface area contributed by atoms with Gasteiger partial charge >= 0.3 is 6.03 Å². The van der Waals surface area contributed by atoms with E-state index >= 15 is 0 Å². The van der Waals surface area contributed by atoms with Crippen LogP contribution in [0.25, 0.3) is 0 Å². The van der Waals surface area contributed by atoms with Crippen LogP contribution >= 0.6 is 0 Å². The second-order valence-electron chi connectivity index (χ2n) is 5.75. The standard InChI is InChI=1S/C16H23N3O3/c1-10-4-5-14(22-3)13(8-10)11(2)18-16(21)19-7-6-12(9-19)15(17)20/h4-5,8,11-12H,6-7,9H2,1-3H3,(H2,17,20)(H,18,21)/t11-,12+/m1/s1. The van der Waals surface area contributed by atoms with Crippen molar-refractivity contribution in [3.05, 3.63) is 29.3 Å². The number of carbonyl (C=O) groups excluding carboxylic acids is 2. The highest BCUT2D eigenvalue weighted by Gasteiger charge is 2.30. The molecule has 0 unspecified atom stereocenters. The van der Waals surface area contributed by atoms with E-state index in [-0.39, 0.29) is 23.9 Å². The number of likely N-dealkylation sites (tertiary alicyclic amines) is 1. The molecule has 0 spiro atoms. The largest absolute Gasteiger partial charge is 0.496 e. The Hall–Kier alpha value is -2.24. The number of aryl methyl sites for hydroxylation is 1. The molecule has 0 bridgehead atoms. The molecule has 1 aromatic carbocycles. The predicted octanol–water partition coefficient (Wildman–Crippen LogP) is 1.58. The van der Waals surface area contributed by atoms with E-state index < -0.39 is 0 Å². The number of methoxy groups -OCH3 is 1. The molecule has 1 aliphatic rings. The predicted molar refractivity (Wildman–Crippen MR) is 83.6 cm³/mol. The molecule has 1 fully saturated rings. The van der Waals surface area contributed by atoms with Crippen LogP contribution in [-0.2, 0) is 4.79 Å². The van der Waals surface area contributed by atoms with Gasteiger partial charge in [-0.25, -0.2) is 4.79 Å². The lowest BCUT2D eigenvalue weighted by atomic mass is 10.0. The molecule has 120 valence electrons. The summed E-state index contributed by atoms with van der Waals surface area (Å²) in [7, 11) is 1.61. The summed E-state index contributed by atoms with van der Waals surface area (Å²) < 4.78 is 5.35. The van der Waals surface area contributed by atoms with Gasteiger partial charge in [-0.15, -0.1) is 0 Å². The number of amides is 3. The molecule has 1 heterocycles. The molecule has 6 heteroatoms. The fraction of sp³-hybridized carbons (Fsp3) is 0.500. The van der Waals surface area contributed by atoms with Crippen molar-refractivity contribution < 1.29 is 14.3 Å². The smallest absolute Gasteiger partial charge is 0.317 e. The zero-order valence-electron chi connectivity index (χ0n) is 13.3. The van der Waals surface area contributed by atoms with Crippen LogP contribution in [-0.4, -0.2) is 37.0 Å². The van der Waals surface area contributed by atoms with E-state index in [1.54, 1.807) is 12.0 Å². The molecule has 0 radical (unpaired) electrons. The van der Waals surface area contributed by atoms with Crippen molar-refractivity contribution in [1.82, 2.24) is 10.2 Å². The molecule has 0 aromatic heterocycles. The van der Waals surface area contributed by atoms with E-state index in [4.69, 9.17) is 10.5 Å². The maximum Gasteiger partial charge on any atom is 0.317 e. The summed E-state index contributed by atoms with van der Waals surface area (Å²) in [5, 5.41) is 2.95. The van der Waals surface area contributed by atoms with Gasteiger partial charge in [-0.3, -0.25) is 4.79 Å². The first-order valence-electron chi connectivity index (χ1n) is 7.41. The molecule has 22 heavy (non-hydrogen) atoms. The highest BCUT2D eigenvalue weighted by atomic mass is 16.5. The molecule has 3 N–H and O–H groups in total. The molecule has 2 atom stereocenters. The van der Waals surface area contributed by atoms with E-state index in [1.165, 1.54) is 0 Å². The maximum absolute atomic E-state index is 12.3. The SMILES string of the molecule is COc1ccc(C)cc1[C@@H](C)NC(=O)N1CC[C@H](C(N)=O)C1. The summed E-state index contributed by atoms with van der Waals surface area (Å²) in [6.45, 7) is 4.85. The van der Waals surface area contributed by atoms with Crippen molar-refractivity contribution >= 4 is 11.9 Å². The van der Waals surface area contributed by atoms with Crippen LogP contribution in [0.5, 0.6) is 5.75 Å². The van der Waals surface area contributed by atoms with Crippen molar-refractivity contribution in [1.29, 1.82) is 0 Å². The minimum absolute atomic E-state index is 0.181. The van der Waals surface area contributed by atoms with Gasteiger partial charge in [-0.05, 0) is 26.3 Å². The highest BCUT2D eigenvalue weighted by Crippen LogP contribution is 2.26. The molecule has 1 saturated heterocycles. The summed E-state index contributed by atoms with van der Waals surface area (Å²) >= 11 is 0. The number of carbonyl (C=O) groups is 2. The summed E-state index contributed by atoms with van der Waals surface area (Å²) in [5.41, 5.74) is 7.33. The van der Waals surface area contributed by atoms with Crippen molar-refractivity contribution in [2.45, 2.75) is 26.3 Å². The quantitative estimate of drug-likeness (QED) is 0.885. The lowest BCUT2D eigenvalue weighted by Crippen LogP contribution is -2.40. The molecule has 1 aliphatic heterocycles. The van der Waals surface area contributed by atoms with Crippen molar-refractivity contribution in [3.8, 4) is 5.75 Å². The second kappa shape index (κ2) is 6.68. The van der Waals surface area contributed by atoms with Crippen LogP contribution in [0.2, 0.25) is 0 Å². The van der Waals surface area contributed by atoms with Gasteiger partial charge in [0.05, 0.1) is 19.1 Å². The van der Waals surface area contributed by atoms with E-state index in [0.717, 1.165) is 16.9 Å². The molecule has 3 amide bonds. The molecule has 2 rings (SSSR count). The first-order valence-corrected chi connectivity index (χ1v) is 7.41. The number of benzene rings is 1. The average Bonchev–Trinajstić information content (AvgIpc) is 2.97. The molecular formula is C16H23N3O3. The van der Waals surface area contributed by atoms with Crippen LogP contribution in [0.4, 0.5) is 4.79 Å². The minimum Gasteiger partial charge on any atom is -0.496 e. The number of ether oxygens (including phenoxy) is 1. The summed E-state index contributed by atoms with van der Waals surface area (Å²) in [4.78, 5) is 25.1. The van der Waals surface area contributed by atoms with Gasteiger partial charge in [0.25, 0.3) is 0 Å². The molecule has 0 saturated carbocycles. The van der Waals surface area contributed by atoms with Crippen LogP contribution < -0.4 is 15.8 Å². The number of primary amides is 1. The van der Waals surface area contributed by atoms with E-state index in [9.17, 15) is 9.59 Å². The Bertz CT molecular complexity index is 574. The summed E-state index contributed by atoms with van der Waals surface area (Å²) in [6, 6.07) is 5.50. The first-order chi connectivity index (χ1) is 10.4. The van der Waals surface area contributed by atoms with Crippen molar-refractivity contribution in [3.63, 3.8) is 0 Å². The Balaban J connectivity index is 2.03. The van der Waals surface area contributed by atoms with Crippen LogP contribution in [0.3, 0.4) is 0 Å². The number of nitrogens with two attached hydrogens (primary N) is 1. The van der Waals surface area contributed by atoms with Crippen LogP contribution in [0, 0.1) is 12.8 Å². The Morgan fingerprint density at radius 1 is 1.45 bits per heavy atom. The van der Waals surface area contributed by atoms with Gasteiger partial charge in [-0.2, -0.15) is 0 Å². The third kappa shape index (κ3) is 3.50. The van der Waals surface area contributed by atoms with Gasteiger partial charge in [0.1, 0.15) is 5.75 Å². The third-order valence-electron chi connectivity index (χ3n) is 4.07. The average molecular weight is 305 g/mol. The second-order valence-corrected chi connectivity index (χ2v) is 5.75. The normalized spacial score (nSPS) is 18.9. The number of hydrogen-bond donors (Lipinski definition) is 2. The maximum atomic E-state index is 12.3. The topological polar surface area (TPSA) is 84.7 Å². The van der Waals surface area contributed by atoms with Crippen molar-refractivity contribution in [2.75, 3.05) is 20.2 Å². The van der Waals surface area contributed by atoms with Crippen molar-refractivity contribution in [2.24, 2.45) is 11.7 Å². The zero-order chi connectivity index (χ0) is 16.3. The van der Waals surface area contributed by atoms with Crippen LogP contribution in [0.15, 0.2) is 18.2 Å². The fourth-order valence-electron chi connectivity index (χ4n) is 2.72. The fourth-order valence-corrected chi connectivity index (χ4v) is 2.72. The number of rotatable bonds is 4. The Labute approximate surface area is 130 Å². The van der Waals surface area contributed by atoms with E-state index in [0.29, 0.717) is 19.5 Å². The minimum atomic E-state index is -0.344.